The molecule has 0 amide bonds. The fraction of sp³-hybridized carbons (Fsp3) is 1.00. The molecule has 18 heavy (non-hydrogen) atoms. The fourth-order valence-corrected chi connectivity index (χ4v) is 5.76. The van der Waals surface area contributed by atoms with E-state index in [1.807, 2.05) is 0 Å². The minimum absolute atomic E-state index is 0.760. The van der Waals surface area contributed by atoms with Crippen LogP contribution in [0.15, 0.2) is 0 Å². The van der Waals surface area contributed by atoms with Crippen molar-refractivity contribution in [2.24, 2.45) is 29.6 Å². The zero-order valence-electron chi connectivity index (χ0n) is 11.8. The number of nitrogens with zero attached hydrogens (tertiary/aromatic N) is 1. The highest BCUT2D eigenvalue weighted by molar-refractivity contribution is 4.99. The van der Waals surface area contributed by atoms with Crippen LogP contribution in [0.1, 0.15) is 39.0 Å². The molecule has 1 aliphatic heterocycles. The van der Waals surface area contributed by atoms with Crippen LogP contribution < -0.4 is 5.32 Å². The third kappa shape index (κ3) is 1.92. The molecule has 2 nitrogen and oxygen atoms in total. The molecule has 0 aromatic rings. The monoisotopic (exact) mass is 248 g/mol. The second-order valence-corrected chi connectivity index (χ2v) is 7.64. The Labute approximate surface area is 111 Å². The van der Waals surface area contributed by atoms with Gasteiger partial charge in [-0.25, -0.2) is 0 Å². The Balaban J connectivity index is 1.45. The Morgan fingerprint density at radius 3 is 2.28 bits per heavy atom. The smallest absolute Gasteiger partial charge is 0.0193 e. The molecule has 5 aliphatic rings. The van der Waals surface area contributed by atoms with E-state index in [0.717, 1.165) is 35.6 Å². The maximum atomic E-state index is 3.52. The highest BCUT2D eigenvalue weighted by Gasteiger charge is 2.48. The summed E-state index contributed by atoms with van der Waals surface area (Å²) in [5, 5.41) is 3.52. The van der Waals surface area contributed by atoms with Gasteiger partial charge in [0.25, 0.3) is 0 Å². The van der Waals surface area contributed by atoms with E-state index in [1.165, 1.54) is 26.2 Å². The van der Waals surface area contributed by atoms with Crippen LogP contribution in [0.2, 0.25) is 0 Å². The molecule has 0 aromatic heterocycles. The quantitative estimate of drug-likeness (QED) is 0.807. The summed E-state index contributed by atoms with van der Waals surface area (Å²) in [6.07, 6.45) is 7.91. The highest BCUT2D eigenvalue weighted by Crippen LogP contribution is 2.56. The van der Waals surface area contributed by atoms with Gasteiger partial charge in [0.05, 0.1) is 0 Å². The zero-order chi connectivity index (χ0) is 12.1. The second-order valence-electron chi connectivity index (χ2n) is 7.64. The van der Waals surface area contributed by atoms with Crippen LogP contribution in [0.3, 0.4) is 0 Å². The molecule has 0 spiro atoms. The molecule has 5 fully saturated rings. The van der Waals surface area contributed by atoms with Crippen molar-refractivity contribution in [1.82, 2.24) is 10.2 Å². The van der Waals surface area contributed by atoms with Crippen LogP contribution in [0, 0.1) is 29.6 Å². The Kier molecular flexibility index (Phi) is 2.92. The lowest BCUT2D eigenvalue weighted by molar-refractivity contribution is -0.0543. The summed E-state index contributed by atoms with van der Waals surface area (Å²) >= 11 is 0. The van der Waals surface area contributed by atoms with Gasteiger partial charge in [-0.2, -0.15) is 0 Å². The SMILES string of the molecule is CC1CNCCN1CC1C2CC3CC(C2)CC1C3. The van der Waals surface area contributed by atoms with Crippen LogP contribution in [0.5, 0.6) is 0 Å². The van der Waals surface area contributed by atoms with Crippen molar-refractivity contribution in [3.8, 4) is 0 Å². The molecular formula is C16H28N2. The first-order chi connectivity index (χ1) is 8.79. The van der Waals surface area contributed by atoms with Crippen molar-refractivity contribution in [2.45, 2.75) is 45.1 Å². The summed E-state index contributed by atoms with van der Waals surface area (Å²) in [5.41, 5.74) is 0. The number of piperazine rings is 1. The molecule has 5 rings (SSSR count). The number of rotatable bonds is 2. The fourth-order valence-electron chi connectivity index (χ4n) is 5.76. The summed E-state index contributed by atoms with van der Waals surface area (Å²) in [7, 11) is 0. The van der Waals surface area contributed by atoms with Crippen molar-refractivity contribution in [1.29, 1.82) is 0 Å². The van der Waals surface area contributed by atoms with E-state index in [-0.39, 0.29) is 0 Å². The lowest BCUT2D eigenvalue weighted by atomic mass is 9.52. The largest absolute Gasteiger partial charge is 0.314 e. The minimum Gasteiger partial charge on any atom is -0.314 e. The van der Waals surface area contributed by atoms with E-state index in [4.69, 9.17) is 0 Å². The highest BCUT2D eigenvalue weighted by atomic mass is 15.2. The van der Waals surface area contributed by atoms with Crippen LogP contribution in [0.4, 0.5) is 0 Å². The van der Waals surface area contributed by atoms with Gasteiger partial charge in [-0.3, -0.25) is 4.90 Å². The summed E-state index contributed by atoms with van der Waals surface area (Å²) in [6.45, 7) is 7.51. The van der Waals surface area contributed by atoms with Gasteiger partial charge in [0.1, 0.15) is 0 Å². The van der Waals surface area contributed by atoms with Gasteiger partial charge < -0.3 is 5.32 Å². The first-order valence-electron chi connectivity index (χ1n) is 8.24. The number of hydrogen-bond acceptors (Lipinski definition) is 2. The minimum atomic E-state index is 0.760. The molecule has 1 N–H and O–H groups in total. The molecule has 0 radical (unpaired) electrons. The average Bonchev–Trinajstić information content (AvgIpc) is 2.35. The molecule has 4 aliphatic carbocycles. The molecule has 1 heterocycles. The van der Waals surface area contributed by atoms with Crippen molar-refractivity contribution in [3.63, 3.8) is 0 Å². The predicted molar refractivity (Wildman–Crippen MR) is 74.4 cm³/mol. The molecule has 4 saturated carbocycles. The normalized spacial score (nSPS) is 51.8. The van der Waals surface area contributed by atoms with Crippen LogP contribution in [-0.4, -0.2) is 37.1 Å². The third-order valence-electron chi connectivity index (χ3n) is 6.51. The average molecular weight is 248 g/mol. The first-order valence-corrected chi connectivity index (χ1v) is 8.24. The van der Waals surface area contributed by atoms with Crippen molar-refractivity contribution < 1.29 is 0 Å². The van der Waals surface area contributed by atoms with Crippen molar-refractivity contribution in [3.05, 3.63) is 0 Å². The van der Waals surface area contributed by atoms with Crippen LogP contribution >= 0.6 is 0 Å². The number of nitrogens with one attached hydrogen (secondary N) is 1. The summed E-state index contributed by atoms with van der Waals surface area (Å²) in [5.74, 6) is 5.51. The molecule has 4 bridgehead atoms. The maximum Gasteiger partial charge on any atom is 0.0193 e. The molecule has 102 valence electrons. The van der Waals surface area contributed by atoms with E-state index in [1.54, 1.807) is 32.1 Å². The van der Waals surface area contributed by atoms with Gasteiger partial charge >= 0.3 is 0 Å². The summed E-state index contributed by atoms with van der Waals surface area (Å²) in [6, 6.07) is 0.760. The van der Waals surface area contributed by atoms with Crippen LogP contribution in [0.25, 0.3) is 0 Å². The molecule has 1 atom stereocenters. The topological polar surface area (TPSA) is 15.3 Å². The zero-order valence-corrected chi connectivity index (χ0v) is 11.8. The molecule has 2 heteroatoms. The molecular weight excluding hydrogens is 220 g/mol. The number of hydrogen-bond donors (Lipinski definition) is 1. The second kappa shape index (κ2) is 4.49. The lowest BCUT2D eigenvalue weighted by Gasteiger charge is -2.56. The Bertz CT molecular complexity index is 286. The molecule has 0 aromatic carbocycles. The van der Waals surface area contributed by atoms with Gasteiger partial charge in [0, 0.05) is 32.2 Å². The van der Waals surface area contributed by atoms with E-state index in [0.29, 0.717) is 0 Å². The lowest BCUT2D eigenvalue weighted by Crippen LogP contribution is -2.55. The van der Waals surface area contributed by atoms with Gasteiger partial charge in [0.15, 0.2) is 0 Å². The van der Waals surface area contributed by atoms with Crippen molar-refractivity contribution in [2.75, 3.05) is 26.2 Å². The van der Waals surface area contributed by atoms with Gasteiger partial charge in [0.2, 0.25) is 0 Å². The van der Waals surface area contributed by atoms with Gasteiger partial charge in [-0.05, 0) is 68.6 Å². The van der Waals surface area contributed by atoms with Crippen molar-refractivity contribution >= 4 is 0 Å². The first kappa shape index (κ1) is 11.7. The predicted octanol–water partition coefficient (Wildman–Crippen LogP) is 2.35. The summed E-state index contributed by atoms with van der Waals surface area (Å²) in [4.78, 5) is 2.78. The molecule has 1 unspecified atom stereocenters. The molecule has 1 saturated heterocycles. The Hall–Kier alpha value is -0.0800. The van der Waals surface area contributed by atoms with Crippen LogP contribution in [-0.2, 0) is 0 Å². The van der Waals surface area contributed by atoms with E-state index < -0.39 is 0 Å². The maximum absolute atomic E-state index is 3.52. The van der Waals surface area contributed by atoms with E-state index in [9.17, 15) is 0 Å². The van der Waals surface area contributed by atoms with E-state index >= 15 is 0 Å². The standard InChI is InChI=1S/C16H28N2/c1-11-9-17-2-3-18(11)10-16-14-5-12-4-13(7-14)8-15(16)6-12/h11-17H,2-10H2,1H3. The Morgan fingerprint density at radius 1 is 1.00 bits per heavy atom. The summed E-state index contributed by atoms with van der Waals surface area (Å²) < 4.78 is 0. The van der Waals surface area contributed by atoms with E-state index in [2.05, 4.69) is 17.1 Å². The Morgan fingerprint density at radius 2 is 1.67 bits per heavy atom. The third-order valence-corrected chi connectivity index (χ3v) is 6.51. The van der Waals surface area contributed by atoms with Gasteiger partial charge in [-0.15, -0.1) is 0 Å². The van der Waals surface area contributed by atoms with Gasteiger partial charge in [-0.1, -0.05) is 0 Å².